The molecular formula is C6H3ClFHgNO2. The van der Waals surface area contributed by atoms with Crippen LogP contribution in [0.2, 0.25) is 0 Å². The van der Waals surface area contributed by atoms with Crippen LogP contribution < -0.4 is 3.07 Å². The average Bonchev–Trinajstić information content (AvgIpc) is 2.05. The van der Waals surface area contributed by atoms with E-state index in [4.69, 9.17) is 8.25 Å². The number of nitro benzene ring substituents is 1. The van der Waals surface area contributed by atoms with Gasteiger partial charge in [-0.25, -0.2) is 0 Å². The predicted octanol–water partition coefficient (Wildman–Crippen LogP) is 1.60. The zero-order chi connectivity index (χ0) is 9.14. The Morgan fingerprint density at radius 1 is 1.58 bits per heavy atom. The molecule has 0 aliphatic carbocycles. The molecule has 1 aromatic carbocycles. The van der Waals surface area contributed by atoms with Gasteiger partial charge in [0.1, 0.15) is 0 Å². The molecule has 1 aromatic rings. The van der Waals surface area contributed by atoms with Gasteiger partial charge in [0.15, 0.2) is 0 Å². The fraction of sp³-hybridized carbons (Fsp3) is 0. The van der Waals surface area contributed by atoms with Crippen molar-refractivity contribution in [3.8, 4) is 0 Å². The Balaban J connectivity index is 3.17. The summed E-state index contributed by atoms with van der Waals surface area (Å²) in [6.07, 6.45) is 0. The Hall–Kier alpha value is -0.225. The standard InChI is InChI=1S/C6H3FNO2.ClH.Hg/c7-5-3-1-2-4-6(5)8(9)10;;/h1,3-4H;1H;/q;;+1/p-1. The number of hydrogen-bond acceptors (Lipinski definition) is 2. The van der Waals surface area contributed by atoms with Crippen molar-refractivity contribution in [2.45, 2.75) is 0 Å². The van der Waals surface area contributed by atoms with Crippen LogP contribution >= 0.6 is 8.25 Å². The van der Waals surface area contributed by atoms with E-state index in [1.807, 2.05) is 0 Å². The second-order valence-corrected chi connectivity index (χ2v) is 8.73. The van der Waals surface area contributed by atoms with Crippen LogP contribution in [0.5, 0.6) is 0 Å². The van der Waals surface area contributed by atoms with Crippen LogP contribution in [-0.4, -0.2) is 4.92 Å². The van der Waals surface area contributed by atoms with Crippen LogP contribution in [-0.2, 0) is 23.3 Å². The van der Waals surface area contributed by atoms with E-state index in [0.717, 1.165) is 9.14 Å². The number of benzene rings is 1. The number of hydrogen-bond donors (Lipinski definition) is 0. The summed E-state index contributed by atoms with van der Waals surface area (Å²) < 4.78 is 13.5. The molecule has 0 saturated heterocycles. The van der Waals surface area contributed by atoms with E-state index in [0.29, 0.717) is 0 Å². The van der Waals surface area contributed by atoms with Gasteiger partial charge in [0.05, 0.1) is 0 Å². The van der Waals surface area contributed by atoms with Crippen LogP contribution in [0.4, 0.5) is 10.1 Å². The maximum atomic E-state index is 12.7. The first kappa shape index (κ1) is 9.86. The molecule has 1 rings (SSSR count). The third-order valence-corrected chi connectivity index (χ3v) is 6.98. The first-order chi connectivity index (χ1) is 5.65. The van der Waals surface area contributed by atoms with Crippen molar-refractivity contribution in [3.63, 3.8) is 0 Å². The molecule has 3 nitrogen and oxygen atoms in total. The maximum absolute atomic E-state index is 12.7. The van der Waals surface area contributed by atoms with Crippen molar-refractivity contribution in [2.24, 2.45) is 0 Å². The molecule has 0 heterocycles. The molecule has 0 aliphatic rings. The van der Waals surface area contributed by atoms with Gasteiger partial charge in [0, 0.05) is 0 Å². The Morgan fingerprint density at radius 2 is 2.25 bits per heavy atom. The van der Waals surface area contributed by atoms with Gasteiger partial charge in [0.25, 0.3) is 0 Å². The summed E-state index contributed by atoms with van der Waals surface area (Å²) in [5.41, 5.74) is -0.479. The average molecular weight is 376 g/mol. The van der Waals surface area contributed by atoms with Crippen molar-refractivity contribution >= 4 is 17.0 Å². The van der Waals surface area contributed by atoms with E-state index < -0.39 is 39.8 Å². The fourth-order valence-corrected chi connectivity index (χ4v) is 4.10. The third-order valence-electron chi connectivity index (χ3n) is 1.36. The number of nitrogens with zero attached hydrogens (tertiary/aromatic N) is 1. The van der Waals surface area contributed by atoms with Gasteiger partial charge in [-0.05, 0) is 0 Å². The monoisotopic (exact) mass is 377 g/mol. The van der Waals surface area contributed by atoms with Crippen LogP contribution in [0.3, 0.4) is 0 Å². The minimum absolute atomic E-state index is 0.479. The van der Waals surface area contributed by atoms with Gasteiger partial charge in [-0.3, -0.25) is 0 Å². The van der Waals surface area contributed by atoms with Crippen molar-refractivity contribution < 1.29 is 32.7 Å². The van der Waals surface area contributed by atoms with Gasteiger partial charge in [-0.1, -0.05) is 0 Å². The van der Waals surface area contributed by atoms with E-state index in [9.17, 15) is 14.5 Å². The Kier molecular flexibility index (Phi) is 3.40. The van der Waals surface area contributed by atoms with E-state index in [1.54, 1.807) is 0 Å². The topological polar surface area (TPSA) is 43.1 Å². The zero-order valence-corrected chi connectivity index (χ0v) is 12.2. The molecule has 0 aromatic heterocycles. The first-order valence-corrected chi connectivity index (χ1v) is 12.7. The molecule has 0 N–H and O–H groups in total. The summed E-state index contributed by atoms with van der Waals surface area (Å²) in [6.45, 7) is 0. The van der Waals surface area contributed by atoms with Crippen molar-refractivity contribution in [1.82, 2.24) is 0 Å². The second-order valence-electron chi connectivity index (χ2n) is 2.18. The van der Waals surface area contributed by atoms with Gasteiger partial charge in [-0.2, -0.15) is 0 Å². The van der Waals surface area contributed by atoms with Crippen LogP contribution in [0.25, 0.3) is 0 Å². The quantitative estimate of drug-likeness (QED) is 0.447. The summed E-state index contributed by atoms with van der Waals surface area (Å²) in [6, 6.07) is 3.83. The summed E-state index contributed by atoms with van der Waals surface area (Å²) in [4.78, 5) is 9.50. The van der Waals surface area contributed by atoms with Crippen LogP contribution in [0, 0.1) is 15.9 Å². The Morgan fingerprint density at radius 3 is 2.75 bits per heavy atom. The van der Waals surface area contributed by atoms with E-state index in [1.165, 1.54) is 12.1 Å². The minimum atomic E-state index is -1.65. The summed E-state index contributed by atoms with van der Waals surface area (Å²) in [5, 5.41) is 10.2. The normalized spacial score (nSPS) is 9.17. The molecule has 0 aliphatic heterocycles. The molecule has 0 amide bonds. The zero-order valence-electron chi connectivity index (χ0n) is 5.96. The van der Waals surface area contributed by atoms with E-state index in [2.05, 4.69) is 0 Å². The Labute approximate surface area is 83.6 Å². The summed E-state index contributed by atoms with van der Waals surface area (Å²) >= 11 is -1.65. The summed E-state index contributed by atoms with van der Waals surface area (Å²) in [5.74, 6) is -0.803. The second kappa shape index (κ2) is 4.14. The van der Waals surface area contributed by atoms with Crippen LogP contribution in [0.1, 0.15) is 0 Å². The molecule has 0 fully saturated rings. The van der Waals surface area contributed by atoms with Gasteiger partial charge < -0.3 is 0 Å². The van der Waals surface area contributed by atoms with Crippen molar-refractivity contribution in [3.05, 3.63) is 34.1 Å². The molecule has 0 bridgehead atoms. The molecule has 0 radical (unpaired) electrons. The van der Waals surface area contributed by atoms with Gasteiger partial charge in [-0.15, -0.1) is 0 Å². The molecule has 60 valence electrons. The first-order valence-electron chi connectivity index (χ1n) is 3.14. The number of halogens is 2. The fourth-order valence-electron chi connectivity index (χ4n) is 0.781. The van der Waals surface area contributed by atoms with Crippen molar-refractivity contribution in [2.75, 3.05) is 0 Å². The van der Waals surface area contributed by atoms with E-state index >= 15 is 0 Å². The van der Waals surface area contributed by atoms with Crippen molar-refractivity contribution in [1.29, 1.82) is 0 Å². The van der Waals surface area contributed by atoms with Gasteiger partial charge in [0.2, 0.25) is 0 Å². The Bertz CT molecular complexity index is 320. The molecule has 6 heteroatoms. The van der Waals surface area contributed by atoms with Crippen LogP contribution in [0.15, 0.2) is 18.2 Å². The molecule has 0 saturated carbocycles. The molecule has 0 spiro atoms. The van der Waals surface area contributed by atoms with Gasteiger partial charge >= 0.3 is 83.8 Å². The molecule has 0 atom stereocenters. The summed E-state index contributed by atoms with van der Waals surface area (Å²) in [7, 11) is 5.63. The third kappa shape index (κ3) is 2.14. The molecule has 12 heavy (non-hydrogen) atoms. The predicted molar refractivity (Wildman–Crippen MR) is 38.5 cm³/mol. The number of rotatable bonds is 2. The molecular weight excluding hydrogens is 373 g/mol. The SMILES string of the molecule is O=[N+]([O-])c1c[c]([Hg][Cl])ccc1F. The molecule has 0 unspecified atom stereocenters. The van der Waals surface area contributed by atoms with E-state index in [-0.39, 0.29) is 0 Å². The number of nitro groups is 1.